The van der Waals surface area contributed by atoms with Gasteiger partial charge in [-0.05, 0) is 79.2 Å². The molecule has 9 heteroatoms. The highest BCUT2D eigenvalue weighted by Gasteiger charge is 2.23. The molecule has 188 valence electrons. The summed E-state index contributed by atoms with van der Waals surface area (Å²) in [5.41, 5.74) is 5.21. The van der Waals surface area contributed by atoms with Gasteiger partial charge in [0.05, 0.1) is 23.6 Å². The van der Waals surface area contributed by atoms with E-state index >= 15 is 0 Å². The summed E-state index contributed by atoms with van der Waals surface area (Å²) in [6.45, 7) is 7.42. The van der Waals surface area contributed by atoms with E-state index in [1.165, 1.54) is 25.0 Å². The largest absolute Gasteiger partial charge is 0.484 e. The third-order valence-electron chi connectivity index (χ3n) is 6.52. The fraction of sp³-hybridized carbons (Fsp3) is 0.370. The molecule has 0 saturated heterocycles. The lowest BCUT2D eigenvalue weighted by molar-refractivity contribution is 0.223. The van der Waals surface area contributed by atoms with Crippen molar-refractivity contribution in [3.8, 4) is 17.0 Å². The minimum Gasteiger partial charge on any atom is -0.484 e. The van der Waals surface area contributed by atoms with Gasteiger partial charge >= 0.3 is 0 Å². The fourth-order valence-corrected chi connectivity index (χ4v) is 4.94. The first-order valence-corrected chi connectivity index (χ1v) is 13.3. The predicted octanol–water partition coefficient (Wildman–Crippen LogP) is 7.17. The molecule has 0 aliphatic heterocycles. The van der Waals surface area contributed by atoms with Crippen LogP contribution in [-0.2, 0) is 19.5 Å². The molecule has 1 fully saturated rings. The van der Waals surface area contributed by atoms with Crippen LogP contribution >= 0.6 is 27.5 Å². The van der Waals surface area contributed by atoms with Gasteiger partial charge in [0.15, 0.2) is 5.15 Å². The molecule has 1 aromatic carbocycles. The van der Waals surface area contributed by atoms with E-state index < -0.39 is 6.10 Å². The minimum atomic E-state index is -0.442. The summed E-state index contributed by atoms with van der Waals surface area (Å²) < 4.78 is 25.5. The van der Waals surface area contributed by atoms with Gasteiger partial charge in [0.25, 0.3) is 0 Å². The lowest BCUT2D eigenvalue weighted by Crippen LogP contribution is -2.10. The van der Waals surface area contributed by atoms with Gasteiger partial charge in [0.1, 0.15) is 17.7 Å². The predicted molar refractivity (Wildman–Crippen MR) is 142 cm³/mol. The maximum atomic E-state index is 14.5. The molecule has 0 bridgehead atoms. The van der Waals surface area contributed by atoms with Gasteiger partial charge in [-0.15, -0.1) is 0 Å². The van der Waals surface area contributed by atoms with Crippen LogP contribution in [0.2, 0.25) is 5.15 Å². The number of hydrogen-bond acceptors (Lipinski definition) is 4. The highest BCUT2D eigenvalue weighted by Crippen LogP contribution is 2.35. The van der Waals surface area contributed by atoms with E-state index in [1.54, 1.807) is 12.3 Å². The van der Waals surface area contributed by atoms with Gasteiger partial charge in [-0.25, -0.2) is 4.39 Å². The molecule has 4 aromatic rings. The number of aryl methyl sites for hydroxylation is 2. The van der Waals surface area contributed by atoms with E-state index in [0.717, 1.165) is 51.6 Å². The van der Waals surface area contributed by atoms with Gasteiger partial charge in [0.2, 0.25) is 0 Å². The van der Waals surface area contributed by atoms with Gasteiger partial charge in [0, 0.05) is 46.2 Å². The Bertz CT molecular complexity index is 1400. The number of nitrogens with zero attached hydrogens (tertiary/aromatic N) is 5. The zero-order chi connectivity index (χ0) is 25.4. The highest BCUT2D eigenvalue weighted by atomic mass is 79.9. The zero-order valence-electron chi connectivity index (χ0n) is 20.5. The van der Waals surface area contributed by atoms with E-state index in [9.17, 15) is 4.39 Å². The summed E-state index contributed by atoms with van der Waals surface area (Å²) >= 11 is 9.85. The molecule has 1 atom stereocenters. The van der Waals surface area contributed by atoms with E-state index in [4.69, 9.17) is 16.3 Å². The smallest absolute Gasteiger partial charge is 0.151 e. The Balaban J connectivity index is 1.48. The number of hydrogen-bond donors (Lipinski definition) is 0. The maximum absolute atomic E-state index is 14.5. The quantitative estimate of drug-likeness (QED) is 0.213. The van der Waals surface area contributed by atoms with Crippen molar-refractivity contribution in [1.82, 2.24) is 24.5 Å². The molecule has 3 heterocycles. The second kappa shape index (κ2) is 10.3. The molecular weight excluding hydrogens is 545 g/mol. The van der Waals surface area contributed by atoms with Gasteiger partial charge in [-0.1, -0.05) is 18.5 Å². The maximum Gasteiger partial charge on any atom is 0.151 e. The van der Waals surface area contributed by atoms with Gasteiger partial charge in [-0.2, -0.15) is 10.2 Å². The standard InChI is InChI=1S/C27H28BrClFN5O/c1-4-24-26(9-20(28)12-31-24)36-17(3)23-10-21(30)7-8-22(23)25-11-27(29)33-35(25)15-19-14-34(32-16(19)2)13-18-5-6-18/h7-12,14,17-18H,4-6,13,15H2,1-3H3/t17-/m1/s1. The van der Waals surface area contributed by atoms with Gasteiger partial charge < -0.3 is 4.74 Å². The Morgan fingerprint density at radius 3 is 2.78 bits per heavy atom. The van der Waals surface area contributed by atoms with Crippen LogP contribution in [0, 0.1) is 18.7 Å². The van der Waals surface area contributed by atoms with Crippen LogP contribution in [0.1, 0.15) is 55.3 Å². The summed E-state index contributed by atoms with van der Waals surface area (Å²) in [5.74, 6) is 1.07. The number of pyridine rings is 1. The van der Waals surface area contributed by atoms with Crippen LogP contribution in [0.15, 0.2) is 47.2 Å². The summed E-state index contributed by atoms with van der Waals surface area (Å²) in [4.78, 5) is 4.45. The first-order valence-electron chi connectivity index (χ1n) is 12.2. The van der Waals surface area contributed by atoms with Crippen LogP contribution in [0.5, 0.6) is 5.75 Å². The van der Waals surface area contributed by atoms with Crippen molar-refractivity contribution < 1.29 is 9.13 Å². The third kappa shape index (κ3) is 5.49. The number of halogens is 3. The average Bonchev–Trinajstić information content (AvgIpc) is 3.48. The molecule has 3 aromatic heterocycles. The Morgan fingerprint density at radius 2 is 2.03 bits per heavy atom. The number of aromatic nitrogens is 5. The molecule has 1 aliphatic carbocycles. The topological polar surface area (TPSA) is 57.8 Å². The molecule has 0 N–H and O–H groups in total. The molecule has 0 unspecified atom stereocenters. The normalized spacial score (nSPS) is 14.3. The van der Waals surface area contributed by atoms with E-state index in [-0.39, 0.29) is 5.82 Å². The molecule has 1 saturated carbocycles. The molecule has 6 nitrogen and oxygen atoms in total. The highest BCUT2D eigenvalue weighted by molar-refractivity contribution is 9.10. The van der Waals surface area contributed by atoms with Crippen molar-refractivity contribution in [3.05, 3.63) is 80.7 Å². The Morgan fingerprint density at radius 1 is 1.22 bits per heavy atom. The van der Waals surface area contributed by atoms with Crippen molar-refractivity contribution in [2.45, 2.75) is 59.2 Å². The lowest BCUT2D eigenvalue weighted by Gasteiger charge is -2.20. The van der Waals surface area contributed by atoms with E-state index in [1.807, 2.05) is 42.3 Å². The van der Waals surface area contributed by atoms with Crippen molar-refractivity contribution in [3.63, 3.8) is 0 Å². The van der Waals surface area contributed by atoms with E-state index in [2.05, 4.69) is 37.3 Å². The number of benzene rings is 1. The Kier molecular flexibility index (Phi) is 7.17. The zero-order valence-corrected chi connectivity index (χ0v) is 22.9. The lowest BCUT2D eigenvalue weighted by atomic mass is 10.00. The van der Waals surface area contributed by atoms with Crippen molar-refractivity contribution >= 4 is 27.5 Å². The Labute approximate surface area is 223 Å². The monoisotopic (exact) mass is 571 g/mol. The number of rotatable bonds is 9. The first-order chi connectivity index (χ1) is 17.3. The molecule has 0 spiro atoms. The van der Waals surface area contributed by atoms with Crippen LogP contribution in [0.3, 0.4) is 0 Å². The third-order valence-corrected chi connectivity index (χ3v) is 7.14. The molecule has 5 rings (SSSR count). The van der Waals surface area contributed by atoms with Crippen LogP contribution < -0.4 is 4.74 Å². The van der Waals surface area contributed by atoms with Gasteiger partial charge in [-0.3, -0.25) is 14.3 Å². The Hall–Kier alpha value is -2.71. The minimum absolute atomic E-state index is 0.332. The first kappa shape index (κ1) is 25.0. The van der Waals surface area contributed by atoms with Crippen LogP contribution in [0.4, 0.5) is 4.39 Å². The molecule has 1 aliphatic rings. The van der Waals surface area contributed by atoms with Crippen LogP contribution in [0.25, 0.3) is 11.3 Å². The second-order valence-corrected chi connectivity index (χ2v) is 10.7. The van der Waals surface area contributed by atoms with Crippen molar-refractivity contribution in [2.75, 3.05) is 0 Å². The molecule has 36 heavy (non-hydrogen) atoms. The molecule has 0 radical (unpaired) electrons. The summed E-state index contributed by atoms with van der Waals surface area (Å²) in [5, 5.41) is 9.61. The summed E-state index contributed by atoms with van der Waals surface area (Å²) in [7, 11) is 0. The van der Waals surface area contributed by atoms with Crippen molar-refractivity contribution in [2.24, 2.45) is 5.92 Å². The van der Waals surface area contributed by atoms with E-state index in [0.29, 0.717) is 23.0 Å². The second-order valence-electron chi connectivity index (χ2n) is 9.36. The van der Waals surface area contributed by atoms with Crippen LogP contribution in [-0.4, -0.2) is 24.5 Å². The molecular formula is C27H28BrClFN5O. The number of ether oxygens (including phenoxy) is 1. The fourth-order valence-electron chi connectivity index (χ4n) is 4.43. The SMILES string of the molecule is CCc1ncc(Br)cc1O[C@H](C)c1cc(F)ccc1-c1cc(Cl)nn1Cc1cn(CC2CC2)nc1C. The summed E-state index contributed by atoms with van der Waals surface area (Å²) in [6.07, 6.45) is 6.67. The summed E-state index contributed by atoms with van der Waals surface area (Å²) in [6, 6.07) is 8.43. The van der Waals surface area contributed by atoms with Crippen molar-refractivity contribution in [1.29, 1.82) is 0 Å². The average molecular weight is 573 g/mol. The molecule has 0 amide bonds.